The summed E-state index contributed by atoms with van der Waals surface area (Å²) in [7, 11) is 0. The van der Waals surface area contributed by atoms with Crippen molar-refractivity contribution in [3.63, 3.8) is 0 Å². The van der Waals surface area contributed by atoms with Crippen molar-refractivity contribution in [3.8, 4) is 0 Å². The van der Waals surface area contributed by atoms with Crippen LogP contribution in [0.25, 0.3) is 0 Å². The second kappa shape index (κ2) is 4.77. The molecule has 1 aromatic rings. The fraction of sp³-hybridized carbons (Fsp3) is 0.562. The number of aromatic carboxylic acids is 1. The molecule has 4 nitrogen and oxygen atoms in total. The minimum atomic E-state index is -0.887. The first kappa shape index (κ1) is 14.9. The molecule has 110 valence electrons. The van der Waals surface area contributed by atoms with Crippen molar-refractivity contribution in [2.45, 2.75) is 45.8 Å². The van der Waals surface area contributed by atoms with E-state index in [1.807, 2.05) is 46.8 Å². The normalized spacial score (nSPS) is 20.8. The molecule has 0 radical (unpaired) electrons. The largest absolute Gasteiger partial charge is 0.478 e. The quantitative estimate of drug-likeness (QED) is 0.902. The maximum atomic E-state index is 11.4. The number of ether oxygens (including phenoxy) is 1. The average Bonchev–Trinajstić information content (AvgIpc) is 2.24. The van der Waals surface area contributed by atoms with Crippen molar-refractivity contribution >= 4 is 11.7 Å². The first-order valence-electron chi connectivity index (χ1n) is 6.89. The zero-order valence-electron chi connectivity index (χ0n) is 12.9. The molecule has 1 aliphatic rings. The molecule has 20 heavy (non-hydrogen) atoms. The Morgan fingerprint density at radius 3 is 2.25 bits per heavy atom. The molecule has 1 N–H and O–H groups in total. The zero-order valence-corrected chi connectivity index (χ0v) is 12.9. The molecule has 0 bridgehead atoms. The van der Waals surface area contributed by atoms with Gasteiger partial charge in [-0.1, -0.05) is 6.07 Å². The van der Waals surface area contributed by atoms with Crippen LogP contribution in [0, 0.1) is 6.92 Å². The Labute approximate surface area is 120 Å². The van der Waals surface area contributed by atoms with Crippen LogP contribution >= 0.6 is 0 Å². The molecule has 4 heteroatoms. The number of anilines is 1. The van der Waals surface area contributed by atoms with E-state index in [9.17, 15) is 9.90 Å². The van der Waals surface area contributed by atoms with E-state index in [-0.39, 0.29) is 11.2 Å². The summed E-state index contributed by atoms with van der Waals surface area (Å²) in [5.41, 5.74) is 1.58. The molecule has 0 spiro atoms. The number of hydrogen-bond donors (Lipinski definition) is 1. The fourth-order valence-corrected chi connectivity index (χ4v) is 3.04. The van der Waals surface area contributed by atoms with Crippen LogP contribution < -0.4 is 4.90 Å². The van der Waals surface area contributed by atoms with Crippen molar-refractivity contribution < 1.29 is 14.6 Å². The lowest BCUT2D eigenvalue weighted by molar-refractivity contribution is -0.133. The number of rotatable bonds is 2. The molecule has 1 heterocycles. The molecule has 1 aliphatic heterocycles. The topological polar surface area (TPSA) is 49.8 Å². The second-order valence-corrected chi connectivity index (χ2v) is 6.80. The van der Waals surface area contributed by atoms with Crippen LogP contribution in [0.15, 0.2) is 18.2 Å². The molecule has 0 atom stereocenters. The molecular formula is C16H23NO3. The molecule has 1 saturated heterocycles. The van der Waals surface area contributed by atoms with E-state index in [0.29, 0.717) is 18.7 Å². The van der Waals surface area contributed by atoms with Gasteiger partial charge in [-0.3, -0.25) is 0 Å². The molecule has 1 aromatic carbocycles. The minimum Gasteiger partial charge on any atom is -0.478 e. The maximum Gasteiger partial charge on any atom is 0.337 e. The van der Waals surface area contributed by atoms with Gasteiger partial charge in [-0.05, 0) is 52.3 Å². The Hall–Kier alpha value is -1.55. The van der Waals surface area contributed by atoms with Gasteiger partial charge in [0.15, 0.2) is 0 Å². The summed E-state index contributed by atoms with van der Waals surface area (Å²) in [6.45, 7) is 11.5. The van der Waals surface area contributed by atoms with Gasteiger partial charge in [0.25, 0.3) is 0 Å². The van der Waals surface area contributed by atoms with E-state index < -0.39 is 5.97 Å². The van der Waals surface area contributed by atoms with Crippen LogP contribution in [0.2, 0.25) is 0 Å². The van der Waals surface area contributed by atoms with Gasteiger partial charge in [-0.15, -0.1) is 0 Å². The zero-order chi connectivity index (χ0) is 15.1. The Morgan fingerprint density at radius 1 is 1.20 bits per heavy atom. The summed E-state index contributed by atoms with van der Waals surface area (Å²) in [5.74, 6) is -0.887. The van der Waals surface area contributed by atoms with Crippen LogP contribution in [0.3, 0.4) is 0 Å². The van der Waals surface area contributed by atoms with Crippen LogP contribution in [0.1, 0.15) is 43.6 Å². The van der Waals surface area contributed by atoms with Crippen molar-refractivity contribution in [3.05, 3.63) is 29.3 Å². The number of nitrogens with zero attached hydrogens (tertiary/aromatic N) is 1. The highest BCUT2D eigenvalue weighted by Gasteiger charge is 2.39. The predicted octanol–water partition coefficient (Wildman–Crippen LogP) is 3.09. The van der Waals surface area contributed by atoms with E-state index in [2.05, 4.69) is 4.90 Å². The monoisotopic (exact) mass is 277 g/mol. The minimum absolute atomic E-state index is 0.304. The fourth-order valence-electron chi connectivity index (χ4n) is 3.04. The van der Waals surface area contributed by atoms with Gasteiger partial charge >= 0.3 is 5.97 Å². The van der Waals surface area contributed by atoms with Crippen molar-refractivity contribution in [2.75, 3.05) is 18.0 Å². The van der Waals surface area contributed by atoms with Gasteiger partial charge < -0.3 is 14.7 Å². The Bertz CT molecular complexity index is 519. The lowest BCUT2D eigenvalue weighted by atomic mass is 9.97. The number of morpholine rings is 1. The average molecular weight is 277 g/mol. The highest BCUT2D eigenvalue weighted by molar-refractivity contribution is 5.94. The van der Waals surface area contributed by atoms with Gasteiger partial charge in [-0.2, -0.15) is 0 Å². The predicted molar refractivity (Wildman–Crippen MR) is 79.6 cm³/mol. The number of carboxylic acids is 1. The van der Waals surface area contributed by atoms with E-state index in [1.54, 1.807) is 6.07 Å². The lowest BCUT2D eigenvalue weighted by Gasteiger charge is -2.48. The van der Waals surface area contributed by atoms with Gasteiger partial charge in [-0.25, -0.2) is 4.79 Å². The Balaban J connectivity index is 2.45. The second-order valence-electron chi connectivity index (χ2n) is 6.80. The number of carbonyl (C=O) groups is 1. The summed E-state index contributed by atoms with van der Waals surface area (Å²) in [6, 6.07) is 5.47. The molecule has 2 rings (SSSR count). The van der Waals surface area contributed by atoms with Crippen LogP contribution in [-0.4, -0.2) is 35.4 Å². The van der Waals surface area contributed by atoms with E-state index in [1.165, 1.54) is 0 Å². The Kier molecular flexibility index (Phi) is 3.54. The van der Waals surface area contributed by atoms with E-state index in [4.69, 9.17) is 4.74 Å². The molecule has 0 unspecified atom stereocenters. The smallest absolute Gasteiger partial charge is 0.337 e. The van der Waals surface area contributed by atoms with Crippen LogP contribution in [0.5, 0.6) is 0 Å². The standard InChI is InChI=1S/C16H23NO3/c1-11-6-7-12(14(18)19)13(8-11)17-9-15(2,3)20-16(4,5)10-17/h6-8H,9-10H2,1-5H3,(H,18,19). The van der Waals surface area contributed by atoms with Gasteiger partial charge in [0, 0.05) is 13.1 Å². The maximum absolute atomic E-state index is 11.4. The summed E-state index contributed by atoms with van der Waals surface area (Å²) in [5, 5.41) is 9.39. The third-order valence-electron chi connectivity index (χ3n) is 3.42. The third-order valence-corrected chi connectivity index (χ3v) is 3.42. The number of aryl methyl sites for hydroxylation is 1. The molecule has 1 fully saturated rings. The Morgan fingerprint density at radius 2 is 1.75 bits per heavy atom. The molecule has 0 aliphatic carbocycles. The molecular weight excluding hydrogens is 254 g/mol. The van der Waals surface area contributed by atoms with Gasteiger partial charge in [0.2, 0.25) is 0 Å². The highest BCUT2D eigenvalue weighted by atomic mass is 16.5. The lowest BCUT2D eigenvalue weighted by Crippen LogP contribution is -2.57. The van der Waals surface area contributed by atoms with Gasteiger partial charge in [0.1, 0.15) is 0 Å². The summed E-state index contributed by atoms with van der Waals surface area (Å²) >= 11 is 0. The van der Waals surface area contributed by atoms with Gasteiger partial charge in [0.05, 0.1) is 22.5 Å². The third kappa shape index (κ3) is 3.12. The van der Waals surface area contributed by atoms with Crippen LogP contribution in [0.4, 0.5) is 5.69 Å². The summed E-state index contributed by atoms with van der Waals surface area (Å²) in [4.78, 5) is 13.6. The van der Waals surface area contributed by atoms with Crippen LogP contribution in [-0.2, 0) is 4.74 Å². The molecule has 0 aromatic heterocycles. The first-order valence-corrected chi connectivity index (χ1v) is 6.89. The molecule has 0 saturated carbocycles. The first-order chi connectivity index (χ1) is 9.10. The number of hydrogen-bond acceptors (Lipinski definition) is 3. The number of carboxylic acid groups (broad SMARTS) is 1. The summed E-state index contributed by atoms with van der Waals surface area (Å²) < 4.78 is 6.05. The number of benzene rings is 1. The SMILES string of the molecule is Cc1ccc(C(=O)O)c(N2CC(C)(C)OC(C)(C)C2)c1. The highest BCUT2D eigenvalue weighted by Crippen LogP contribution is 2.33. The van der Waals surface area contributed by atoms with Crippen molar-refractivity contribution in [1.82, 2.24) is 0 Å². The van der Waals surface area contributed by atoms with E-state index in [0.717, 1.165) is 11.3 Å². The van der Waals surface area contributed by atoms with Crippen molar-refractivity contribution in [2.24, 2.45) is 0 Å². The summed E-state index contributed by atoms with van der Waals surface area (Å²) in [6.07, 6.45) is 0. The van der Waals surface area contributed by atoms with E-state index >= 15 is 0 Å². The molecule has 0 amide bonds. The van der Waals surface area contributed by atoms with Crippen molar-refractivity contribution in [1.29, 1.82) is 0 Å².